The Bertz CT molecular complexity index is 873. The first-order chi connectivity index (χ1) is 11.6. The molecule has 1 saturated heterocycles. The molecule has 2 aliphatic rings. The van der Waals surface area contributed by atoms with E-state index in [-0.39, 0.29) is 17.9 Å². The molecular formula is C18H13NO4S. The van der Waals surface area contributed by atoms with Crippen molar-refractivity contribution in [2.75, 3.05) is 11.7 Å². The van der Waals surface area contributed by atoms with Crippen LogP contribution in [-0.2, 0) is 4.79 Å². The predicted molar refractivity (Wildman–Crippen MR) is 92.2 cm³/mol. The number of amides is 2. The van der Waals surface area contributed by atoms with Crippen LogP contribution in [0.3, 0.4) is 0 Å². The van der Waals surface area contributed by atoms with Crippen molar-refractivity contribution in [2.24, 2.45) is 0 Å². The maximum Gasteiger partial charge on any atom is 0.298 e. The van der Waals surface area contributed by atoms with E-state index in [4.69, 9.17) is 9.47 Å². The second kappa shape index (κ2) is 5.72. The molecule has 24 heavy (non-hydrogen) atoms. The van der Waals surface area contributed by atoms with Gasteiger partial charge in [0.1, 0.15) is 0 Å². The first-order valence-corrected chi connectivity index (χ1v) is 8.18. The average Bonchev–Trinajstić information content (AvgIpc) is 3.13. The average molecular weight is 339 g/mol. The summed E-state index contributed by atoms with van der Waals surface area (Å²) >= 11 is 0.935. The number of rotatable bonds is 2. The van der Waals surface area contributed by atoms with Crippen LogP contribution in [0.2, 0.25) is 0 Å². The number of carbonyl (C=O) groups excluding carboxylic acids is 2. The quantitative estimate of drug-likeness (QED) is 0.775. The van der Waals surface area contributed by atoms with Gasteiger partial charge in [-0.05, 0) is 54.6 Å². The van der Waals surface area contributed by atoms with E-state index in [1.54, 1.807) is 30.3 Å². The Balaban J connectivity index is 1.64. The fourth-order valence-corrected chi connectivity index (χ4v) is 3.38. The molecule has 0 aliphatic carbocycles. The van der Waals surface area contributed by atoms with E-state index >= 15 is 0 Å². The van der Waals surface area contributed by atoms with E-state index in [1.165, 1.54) is 4.90 Å². The molecule has 6 heteroatoms. The van der Waals surface area contributed by atoms with Crippen molar-refractivity contribution in [3.05, 3.63) is 58.5 Å². The molecule has 0 bridgehead atoms. The van der Waals surface area contributed by atoms with E-state index < -0.39 is 0 Å². The predicted octanol–water partition coefficient (Wildman–Crippen LogP) is 3.96. The highest BCUT2D eigenvalue weighted by molar-refractivity contribution is 8.19. The number of hydrogen-bond acceptors (Lipinski definition) is 5. The Morgan fingerprint density at radius 2 is 1.79 bits per heavy atom. The van der Waals surface area contributed by atoms with Crippen molar-refractivity contribution in [3.8, 4) is 11.5 Å². The van der Waals surface area contributed by atoms with Gasteiger partial charge in [-0.1, -0.05) is 23.8 Å². The molecular weight excluding hydrogens is 326 g/mol. The highest BCUT2D eigenvalue weighted by atomic mass is 32.2. The Kier molecular flexibility index (Phi) is 3.54. The molecule has 5 nitrogen and oxygen atoms in total. The summed E-state index contributed by atoms with van der Waals surface area (Å²) in [7, 11) is 0. The van der Waals surface area contributed by atoms with Crippen molar-refractivity contribution < 1.29 is 19.1 Å². The van der Waals surface area contributed by atoms with Crippen LogP contribution in [0.1, 0.15) is 11.1 Å². The van der Waals surface area contributed by atoms with E-state index in [1.807, 2.05) is 25.1 Å². The number of imide groups is 1. The second-order valence-electron chi connectivity index (χ2n) is 5.47. The highest BCUT2D eigenvalue weighted by Gasteiger charge is 2.36. The molecule has 2 amide bonds. The number of nitrogens with zero attached hydrogens (tertiary/aromatic N) is 1. The lowest BCUT2D eigenvalue weighted by Gasteiger charge is -2.12. The van der Waals surface area contributed by atoms with Crippen LogP contribution < -0.4 is 14.4 Å². The van der Waals surface area contributed by atoms with Crippen molar-refractivity contribution in [1.82, 2.24) is 0 Å². The lowest BCUT2D eigenvalue weighted by molar-refractivity contribution is -0.113. The third-order valence-corrected chi connectivity index (χ3v) is 4.65. The molecule has 0 N–H and O–H groups in total. The monoisotopic (exact) mass is 339 g/mol. The molecule has 0 aromatic heterocycles. The summed E-state index contributed by atoms with van der Waals surface area (Å²) in [5, 5.41) is -0.296. The fraction of sp³-hybridized carbons (Fsp3) is 0.111. The fourth-order valence-electron chi connectivity index (χ4n) is 2.54. The molecule has 0 atom stereocenters. The van der Waals surface area contributed by atoms with Gasteiger partial charge in [-0.15, -0.1) is 0 Å². The lowest BCUT2D eigenvalue weighted by atomic mass is 10.2. The zero-order valence-corrected chi connectivity index (χ0v) is 13.6. The molecule has 0 saturated carbocycles. The van der Waals surface area contributed by atoms with E-state index in [9.17, 15) is 9.59 Å². The molecule has 2 aromatic carbocycles. The Morgan fingerprint density at radius 1 is 1.04 bits per heavy atom. The third-order valence-electron chi connectivity index (χ3n) is 3.78. The van der Waals surface area contributed by atoms with Crippen molar-refractivity contribution in [1.29, 1.82) is 0 Å². The largest absolute Gasteiger partial charge is 0.454 e. The second-order valence-corrected chi connectivity index (χ2v) is 6.46. The minimum atomic E-state index is -0.313. The molecule has 0 spiro atoms. The van der Waals surface area contributed by atoms with Gasteiger partial charge in [-0.2, -0.15) is 0 Å². The Labute approximate surface area is 142 Å². The maximum absolute atomic E-state index is 12.6. The van der Waals surface area contributed by atoms with Crippen molar-refractivity contribution in [2.45, 2.75) is 6.92 Å². The van der Waals surface area contributed by atoms with Gasteiger partial charge in [-0.3, -0.25) is 9.59 Å². The number of ether oxygens (including phenoxy) is 2. The highest BCUT2D eigenvalue weighted by Crippen LogP contribution is 2.37. The zero-order valence-electron chi connectivity index (χ0n) is 12.8. The number of thioether (sulfide) groups is 1. The van der Waals surface area contributed by atoms with Crippen LogP contribution in [0.25, 0.3) is 6.08 Å². The number of hydrogen-bond donors (Lipinski definition) is 0. The number of aryl methyl sites for hydroxylation is 1. The topological polar surface area (TPSA) is 55.8 Å². The SMILES string of the molecule is Cc1ccc(N2C(=O)S/C(=C\c3ccc4c(c3)OCO4)C2=O)cc1. The van der Waals surface area contributed by atoms with Gasteiger partial charge >= 0.3 is 0 Å². The van der Waals surface area contributed by atoms with Crippen LogP contribution in [0.4, 0.5) is 10.5 Å². The van der Waals surface area contributed by atoms with Gasteiger partial charge in [-0.25, -0.2) is 4.90 Å². The zero-order chi connectivity index (χ0) is 16.7. The molecule has 2 heterocycles. The summed E-state index contributed by atoms with van der Waals surface area (Å²) in [5.41, 5.74) is 2.44. The third kappa shape index (κ3) is 2.55. The summed E-state index contributed by atoms with van der Waals surface area (Å²) in [6.45, 7) is 2.15. The van der Waals surface area contributed by atoms with Gasteiger partial charge in [0.15, 0.2) is 11.5 Å². The van der Waals surface area contributed by atoms with Gasteiger partial charge in [0.25, 0.3) is 11.1 Å². The lowest BCUT2D eigenvalue weighted by Crippen LogP contribution is -2.27. The van der Waals surface area contributed by atoms with Gasteiger partial charge in [0, 0.05) is 0 Å². The summed E-state index contributed by atoms with van der Waals surface area (Å²) < 4.78 is 10.6. The minimum Gasteiger partial charge on any atom is -0.454 e. The van der Waals surface area contributed by atoms with Gasteiger partial charge in [0.2, 0.25) is 6.79 Å². The summed E-state index contributed by atoms with van der Waals surface area (Å²) in [4.78, 5) is 26.4. The standard InChI is InChI=1S/C18H13NO4S/c1-11-2-5-13(6-3-11)19-17(20)16(24-18(19)21)9-12-4-7-14-15(8-12)23-10-22-14/h2-9H,10H2,1H3/b16-9-. The van der Waals surface area contributed by atoms with Crippen molar-refractivity contribution in [3.63, 3.8) is 0 Å². The smallest absolute Gasteiger partial charge is 0.298 e. The molecule has 120 valence electrons. The number of fused-ring (bicyclic) bond motifs is 1. The summed E-state index contributed by atoms with van der Waals surface area (Å²) in [5.74, 6) is 1.01. The van der Waals surface area contributed by atoms with E-state index in [2.05, 4.69) is 0 Å². The van der Waals surface area contributed by atoms with Crippen LogP contribution >= 0.6 is 11.8 Å². The molecule has 0 unspecified atom stereocenters. The number of benzene rings is 2. The molecule has 2 aromatic rings. The number of anilines is 1. The van der Waals surface area contributed by atoms with Gasteiger partial charge in [0.05, 0.1) is 10.6 Å². The Morgan fingerprint density at radius 3 is 2.58 bits per heavy atom. The van der Waals surface area contributed by atoms with E-state index in [0.717, 1.165) is 22.9 Å². The van der Waals surface area contributed by atoms with Crippen LogP contribution in [0.15, 0.2) is 47.4 Å². The molecule has 0 radical (unpaired) electrons. The first kappa shape index (κ1) is 14.8. The normalized spacial score (nSPS) is 17.9. The van der Waals surface area contributed by atoms with Crippen LogP contribution in [0, 0.1) is 6.92 Å². The summed E-state index contributed by atoms with van der Waals surface area (Å²) in [6, 6.07) is 12.7. The van der Waals surface area contributed by atoms with E-state index in [0.29, 0.717) is 22.1 Å². The molecule has 2 aliphatic heterocycles. The molecule has 4 rings (SSSR count). The van der Waals surface area contributed by atoms with Gasteiger partial charge < -0.3 is 9.47 Å². The molecule has 1 fully saturated rings. The van der Waals surface area contributed by atoms with Crippen LogP contribution in [0.5, 0.6) is 11.5 Å². The van der Waals surface area contributed by atoms with Crippen molar-refractivity contribution >= 4 is 34.7 Å². The summed E-state index contributed by atoms with van der Waals surface area (Å²) in [6.07, 6.45) is 1.70. The number of carbonyl (C=O) groups is 2. The minimum absolute atomic E-state index is 0.197. The first-order valence-electron chi connectivity index (χ1n) is 7.36. The Hall–Kier alpha value is -2.73. The van der Waals surface area contributed by atoms with Crippen LogP contribution in [-0.4, -0.2) is 17.9 Å². The maximum atomic E-state index is 12.6.